The van der Waals surface area contributed by atoms with Crippen LogP contribution in [-0.4, -0.2) is 42.0 Å². The molecule has 1 N–H and O–H groups in total. The first-order valence-corrected chi connectivity index (χ1v) is 13.5. The number of ketones is 1. The highest BCUT2D eigenvalue weighted by atomic mass is 35.5. The highest BCUT2D eigenvalue weighted by Crippen LogP contribution is 2.42. The van der Waals surface area contributed by atoms with Crippen LogP contribution in [0.2, 0.25) is 5.02 Å². The average molecular weight is 520 g/mol. The third-order valence-corrected chi connectivity index (χ3v) is 8.30. The molecule has 0 spiro atoms. The van der Waals surface area contributed by atoms with Gasteiger partial charge in [0.25, 0.3) is 0 Å². The van der Waals surface area contributed by atoms with E-state index in [2.05, 4.69) is 11.8 Å². The van der Waals surface area contributed by atoms with Crippen molar-refractivity contribution in [2.75, 3.05) is 26.2 Å². The maximum atomic E-state index is 13.9. The summed E-state index contributed by atoms with van der Waals surface area (Å²) in [6.07, 6.45) is 1.26. The lowest BCUT2D eigenvalue weighted by atomic mass is 9.94. The van der Waals surface area contributed by atoms with E-state index in [1.807, 2.05) is 56.3 Å². The SMILES string of the molecule is Cc1cc(Cl)cc(C)c1C(=O)c1sc2cc(O)ccc2c1-c1ccc(OCCN2CCC(C)C2)cc1. The van der Waals surface area contributed by atoms with Crippen LogP contribution in [0.3, 0.4) is 0 Å². The largest absolute Gasteiger partial charge is 0.508 e. The number of aryl methyl sites for hydroxylation is 2. The second-order valence-corrected chi connectivity index (χ2v) is 11.3. The van der Waals surface area contributed by atoms with Gasteiger partial charge < -0.3 is 9.84 Å². The zero-order valence-corrected chi connectivity index (χ0v) is 22.4. The van der Waals surface area contributed by atoms with E-state index in [-0.39, 0.29) is 11.5 Å². The van der Waals surface area contributed by atoms with Crippen LogP contribution in [0.4, 0.5) is 0 Å². The van der Waals surface area contributed by atoms with Gasteiger partial charge in [-0.3, -0.25) is 9.69 Å². The van der Waals surface area contributed by atoms with Crippen molar-refractivity contribution in [2.45, 2.75) is 27.2 Å². The quantitative estimate of drug-likeness (QED) is 0.257. The fraction of sp³-hybridized carbons (Fsp3) is 0.300. The predicted octanol–water partition coefficient (Wildman–Crippen LogP) is 7.50. The molecule has 1 aromatic heterocycles. The highest BCUT2D eigenvalue weighted by Gasteiger charge is 2.24. The van der Waals surface area contributed by atoms with Crippen molar-refractivity contribution in [3.63, 3.8) is 0 Å². The smallest absolute Gasteiger partial charge is 0.204 e. The van der Waals surface area contributed by atoms with Crippen LogP contribution in [0.15, 0.2) is 54.6 Å². The summed E-state index contributed by atoms with van der Waals surface area (Å²) < 4.78 is 6.89. The molecule has 0 saturated carbocycles. The van der Waals surface area contributed by atoms with Crippen molar-refractivity contribution in [3.8, 4) is 22.6 Å². The molecule has 36 heavy (non-hydrogen) atoms. The number of thiophene rings is 1. The molecule has 2 heterocycles. The molecule has 6 heteroatoms. The number of phenolic OH excluding ortho intramolecular Hbond substituents is 1. The Morgan fingerprint density at radius 3 is 2.50 bits per heavy atom. The standard InChI is InChI=1S/C30H30ClNO3S/c1-18-10-11-32(17-18)12-13-35-24-7-4-21(5-8-24)28-25-9-6-23(33)16-26(25)36-30(28)29(34)27-19(2)14-22(31)15-20(27)3/h4-9,14-16,18,33H,10-13,17H2,1-3H3. The highest BCUT2D eigenvalue weighted by molar-refractivity contribution is 7.21. The van der Waals surface area contributed by atoms with E-state index in [0.29, 0.717) is 22.1 Å². The summed E-state index contributed by atoms with van der Waals surface area (Å²) >= 11 is 7.64. The molecule has 1 fully saturated rings. The van der Waals surface area contributed by atoms with E-state index in [0.717, 1.165) is 63.6 Å². The first-order valence-electron chi connectivity index (χ1n) is 12.3. The average Bonchev–Trinajstić information content (AvgIpc) is 3.41. The molecule has 5 rings (SSSR count). The van der Waals surface area contributed by atoms with Gasteiger partial charge >= 0.3 is 0 Å². The number of hydrogen-bond donors (Lipinski definition) is 1. The molecule has 1 aliphatic rings. The van der Waals surface area contributed by atoms with Gasteiger partial charge in [0.2, 0.25) is 5.78 Å². The molecular formula is C30H30ClNO3S. The fourth-order valence-corrected chi connectivity index (χ4v) is 6.69. The third kappa shape index (κ3) is 5.01. The molecule has 0 amide bonds. The van der Waals surface area contributed by atoms with Gasteiger partial charge in [-0.2, -0.15) is 0 Å². The number of nitrogens with zero attached hydrogens (tertiary/aromatic N) is 1. The van der Waals surface area contributed by atoms with Crippen LogP contribution in [0, 0.1) is 19.8 Å². The van der Waals surface area contributed by atoms with Gasteiger partial charge in [0, 0.05) is 39.3 Å². The van der Waals surface area contributed by atoms with E-state index in [4.69, 9.17) is 16.3 Å². The van der Waals surface area contributed by atoms with Gasteiger partial charge in [-0.05, 0) is 91.9 Å². The van der Waals surface area contributed by atoms with Crippen LogP contribution < -0.4 is 4.74 Å². The van der Waals surface area contributed by atoms with E-state index in [1.54, 1.807) is 12.1 Å². The van der Waals surface area contributed by atoms with Crippen LogP contribution in [-0.2, 0) is 0 Å². The lowest BCUT2D eigenvalue weighted by molar-refractivity contribution is 0.104. The Kier molecular flexibility index (Phi) is 7.07. The summed E-state index contributed by atoms with van der Waals surface area (Å²) in [7, 11) is 0. The van der Waals surface area contributed by atoms with Crippen LogP contribution in [0.1, 0.15) is 39.7 Å². The van der Waals surface area contributed by atoms with Crippen molar-refractivity contribution in [1.29, 1.82) is 0 Å². The molecule has 4 aromatic rings. The Labute approximate surface area is 221 Å². The van der Waals surface area contributed by atoms with Crippen molar-refractivity contribution < 1.29 is 14.6 Å². The second kappa shape index (κ2) is 10.3. The minimum absolute atomic E-state index is 0.0301. The molecule has 0 bridgehead atoms. The zero-order chi connectivity index (χ0) is 25.4. The second-order valence-electron chi connectivity index (χ2n) is 9.80. The summed E-state index contributed by atoms with van der Waals surface area (Å²) in [5.74, 6) is 1.74. The maximum Gasteiger partial charge on any atom is 0.204 e. The number of likely N-dealkylation sites (tertiary alicyclic amines) is 1. The molecule has 0 radical (unpaired) electrons. The Hall–Kier alpha value is -2.86. The minimum atomic E-state index is -0.0301. The molecule has 4 nitrogen and oxygen atoms in total. The molecule has 1 saturated heterocycles. The number of halogens is 1. The summed E-state index contributed by atoms with van der Waals surface area (Å²) in [5, 5.41) is 11.6. The Bertz CT molecular complexity index is 1400. The summed E-state index contributed by atoms with van der Waals surface area (Å²) in [6.45, 7) is 10.0. The van der Waals surface area contributed by atoms with Gasteiger partial charge in [-0.1, -0.05) is 30.7 Å². The molecular weight excluding hydrogens is 490 g/mol. The Balaban J connectivity index is 1.46. The molecule has 1 aliphatic heterocycles. The molecule has 186 valence electrons. The molecule has 3 aromatic carbocycles. The van der Waals surface area contributed by atoms with Crippen molar-refractivity contribution in [3.05, 3.63) is 81.2 Å². The Morgan fingerprint density at radius 1 is 1.11 bits per heavy atom. The number of fused-ring (bicyclic) bond motifs is 1. The van der Waals surface area contributed by atoms with Gasteiger partial charge in [0.05, 0.1) is 4.88 Å². The van der Waals surface area contributed by atoms with Crippen molar-refractivity contribution >= 4 is 38.8 Å². The molecule has 1 atom stereocenters. The first kappa shape index (κ1) is 24.8. The maximum absolute atomic E-state index is 13.9. The summed E-state index contributed by atoms with van der Waals surface area (Å²) in [5.41, 5.74) is 4.21. The fourth-order valence-electron chi connectivity index (χ4n) is 5.15. The normalized spacial score (nSPS) is 16.1. The number of hydrogen-bond acceptors (Lipinski definition) is 5. The number of benzene rings is 3. The van der Waals surface area contributed by atoms with Crippen LogP contribution in [0.25, 0.3) is 21.2 Å². The van der Waals surface area contributed by atoms with Gasteiger partial charge in [-0.15, -0.1) is 11.3 Å². The first-order chi connectivity index (χ1) is 17.3. The monoisotopic (exact) mass is 519 g/mol. The van der Waals surface area contributed by atoms with Gasteiger partial charge in [0.1, 0.15) is 18.1 Å². The van der Waals surface area contributed by atoms with Crippen LogP contribution >= 0.6 is 22.9 Å². The zero-order valence-electron chi connectivity index (χ0n) is 20.8. The number of ether oxygens (including phenoxy) is 1. The number of aromatic hydroxyl groups is 1. The number of rotatable bonds is 7. The van der Waals surface area contributed by atoms with E-state index >= 15 is 0 Å². The predicted molar refractivity (Wildman–Crippen MR) is 149 cm³/mol. The Morgan fingerprint density at radius 2 is 1.83 bits per heavy atom. The lowest BCUT2D eigenvalue weighted by Crippen LogP contribution is -2.25. The third-order valence-electron chi connectivity index (χ3n) is 6.93. The van der Waals surface area contributed by atoms with Gasteiger partial charge in [-0.25, -0.2) is 0 Å². The van der Waals surface area contributed by atoms with Crippen LogP contribution in [0.5, 0.6) is 11.5 Å². The lowest BCUT2D eigenvalue weighted by Gasteiger charge is -2.15. The summed E-state index contributed by atoms with van der Waals surface area (Å²) in [6, 6.07) is 16.9. The molecule has 1 unspecified atom stereocenters. The van der Waals surface area contributed by atoms with E-state index < -0.39 is 0 Å². The summed E-state index contributed by atoms with van der Waals surface area (Å²) in [4.78, 5) is 17.0. The topological polar surface area (TPSA) is 49.8 Å². The number of phenols is 1. The van der Waals surface area contributed by atoms with Crippen molar-refractivity contribution in [2.24, 2.45) is 5.92 Å². The minimum Gasteiger partial charge on any atom is -0.508 e. The number of carbonyl (C=O) groups is 1. The molecule has 0 aliphatic carbocycles. The van der Waals surface area contributed by atoms with E-state index in [9.17, 15) is 9.90 Å². The van der Waals surface area contributed by atoms with E-state index in [1.165, 1.54) is 17.8 Å². The van der Waals surface area contributed by atoms with Gasteiger partial charge in [0.15, 0.2) is 0 Å². The van der Waals surface area contributed by atoms with Crippen molar-refractivity contribution in [1.82, 2.24) is 4.90 Å². The number of carbonyl (C=O) groups excluding carboxylic acids is 1.